The molecule has 2 aliphatic heterocycles. The number of aliphatic imine (C=N–C) groups is 1. The van der Waals surface area contributed by atoms with Crippen LogP contribution >= 0.6 is 0 Å². The van der Waals surface area contributed by atoms with Gasteiger partial charge in [0.2, 0.25) is 5.91 Å². The smallest absolute Gasteiger partial charge is 0.228 e. The highest BCUT2D eigenvalue weighted by molar-refractivity contribution is 6.12. The summed E-state index contributed by atoms with van der Waals surface area (Å²) >= 11 is 0. The van der Waals surface area contributed by atoms with Gasteiger partial charge >= 0.3 is 0 Å². The molecule has 0 spiro atoms. The van der Waals surface area contributed by atoms with Crippen LogP contribution < -0.4 is 21.3 Å². The van der Waals surface area contributed by atoms with Crippen LogP contribution in [-0.2, 0) is 9.53 Å². The van der Waals surface area contributed by atoms with E-state index in [1.54, 1.807) is 19.4 Å². The molecule has 174 valence electrons. The van der Waals surface area contributed by atoms with Crippen molar-refractivity contribution in [3.8, 4) is 0 Å². The molecule has 2 saturated heterocycles. The summed E-state index contributed by atoms with van der Waals surface area (Å²) in [6.45, 7) is 1.68. The Hall–Kier alpha value is -3.79. The second-order valence-corrected chi connectivity index (χ2v) is 9.02. The fraction of sp³-hybridized carbons (Fsp3) is 0.375. The molecule has 0 aromatic carbocycles. The van der Waals surface area contributed by atoms with Crippen molar-refractivity contribution < 1.29 is 9.53 Å². The number of morpholine rings is 1. The predicted molar refractivity (Wildman–Crippen MR) is 131 cm³/mol. The Morgan fingerprint density at radius 3 is 2.74 bits per heavy atom. The minimum Gasteiger partial charge on any atom is -0.383 e. The van der Waals surface area contributed by atoms with Crippen molar-refractivity contribution in [1.82, 2.24) is 15.0 Å². The number of hydrogen-bond acceptors (Lipinski definition) is 8. The Labute approximate surface area is 196 Å². The number of carbonyl (C=O) groups is 1. The van der Waals surface area contributed by atoms with Gasteiger partial charge in [-0.05, 0) is 37.5 Å². The van der Waals surface area contributed by atoms with Gasteiger partial charge in [0.05, 0.1) is 30.6 Å². The van der Waals surface area contributed by atoms with Gasteiger partial charge in [-0.15, -0.1) is 0 Å². The minimum absolute atomic E-state index is 0.0000104. The van der Waals surface area contributed by atoms with E-state index in [1.165, 1.54) is 0 Å². The Kier molecular flexibility index (Phi) is 5.02. The first-order valence-corrected chi connectivity index (χ1v) is 11.6. The molecule has 34 heavy (non-hydrogen) atoms. The predicted octanol–water partition coefficient (Wildman–Crippen LogP) is 2.43. The minimum atomic E-state index is 0.0000104. The van der Waals surface area contributed by atoms with E-state index in [1.807, 2.05) is 24.4 Å². The van der Waals surface area contributed by atoms with Crippen LogP contribution in [0.3, 0.4) is 0 Å². The molecule has 0 unspecified atom stereocenters. The number of pyridine rings is 3. The Morgan fingerprint density at radius 2 is 2.06 bits per heavy atom. The summed E-state index contributed by atoms with van der Waals surface area (Å²) in [4.78, 5) is 32.5. The summed E-state index contributed by atoms with van der Waals surface area (Å²) < 4.78 is 5.69. The zero-order valence-electron chi connectivity index (χ0n) is 18.9. The summed E-state index contributed by atoms with van der Waals surface area (Å²) in [7, 11) is 1.80. The summed E-state index contributed by atoms with van der Waals surface area (Å²) in [6, 6.07) is 6.14. The number of ether oxygens (including phenoxy) is 1. The van der Waals surface area contributed by atoms with Crippen LogP contribution in [0.5, 0.6) is 0 Å². The Balaban J connectivity index is 1.30. The Bertz CT molecular complexity index is 1290. The third-order valence-electron chi connectivity index (χ3n) is 6.68. The quantitative estimate of drug-likeness (QED) is 0.379. The number of hydrogen-bond donors (Lipinski definition) is 3. The van der Waals surface area contributed by atoms with E-state index in [4.69, 9.17) is 10.5 Å². The molecule has 10 nitrogen and oxygen atoms in total. The fourth-order valence-corrected chi connectivity index (χ4v) is 4.69. The molecule has 6 rings (SSSR count). The lowest BCUT2D eigenvalue weighted by Gasteiger charge is -2.28. The van der Waals surface area contributed by atoms with Crippen molar-refractivity contribution in [3.63, 3.8) is 0 Å². The van der Waals surface area contributed by atoms with Crippen molar-refractivity contribution in [2.75, 3.05) is 35.7 Å². The first-order valence-electron chi connectivity index (χ1n) is 11.6. The van der Waals surface area contributed by atoms with Crippen LogP contribution in [-0.4, -0.2) is 59.0 Å². The van der Waals surface area contributed by atoms with Gasteiger partial charge in [-0.2, -0.15) is 0 Å². The zero-order chi connectivity index (χ0) is 23.2. The number of nitrogens with zero attached hydrogens (tertiary/aromatic N) is 5. The maximum absolute atomic E-state index is 12.2. The molecule has 3 aromatic heterocycles. The number of amidine groups is 1. The van der Waals surface area contributed by atoms with E-state index >= 15 is 0 Å². The largest absolute Gasteiger partial charge is 0.383 e. The maximum atomic E-state index is 12.2. The van der Waals surface area contributed by atoms with Crippen molar-refractivity contribution in [3.05, 3.63) is 42.4 Å². The number of anilines is 3. The highest BCUT2D eigenvalue weighted by atomic mass is 16.5. The summed E-state index contributed by atoms with van der Waals surface area (Å²) in [5.41, 5.74) is 8.14. The zero-order valence-corrected chi connectivity index (χ0v) is 18.9. The molecule has 2 bridgehead atoms. The second-order valence-electron chi connectivity index (χ2n) is 9.02. The first-order chi connectivity index (χ1) is 16.6. The van der Waals surface area contributed by atoms with Crippen LogP contribution in [0.15, 0.2) is 41.8 Å². The van der Waals surface area contributed by atoms with Crippen LogP contribution in [0.25, 0.3) is 10.8 Å². The lowest BCUT2D eigenvalue weighted by atomic mass is 10.1. The van der Waals surface area contributed by atoms with Gasteiger partial charge in [-0.1, -0.05) is 0 Å². The number of rotatable bonds is 6. The number of fused-ring (bicyclic) bond motifs is 3. The molecule has 5 heterocycles. The molecule has 3 aliphatic rings. The van der Waals surface area contributed by atoms with E-state index in [0.29, 0.717) is 41.0 Å². The average Bonchev–Trinajstić information content (AvgIpc) is 3.50. The molecular weight excluding hydrogens is 432 g/mol. The molecule has 2 atom stereocenters. The van der Waals surface area contributed by atoms with E-state index in [9.17, 15) is 4.79 Å². The van der Waals surface area contributed by atoms with Crippen molar-refractivity contribution in [1.29, 1.82) is 0 Å². The van der Waals surface area contributed by atoms with Crippen LogP contribution in [0.1, 0.15) is 24.8 Å². The second kappa shape index (κ2) is 8.21. The van der Waals surface area contributed by atoms with Gasteiger partial charge in [-0.3, -0.25) is 4.79 Å². The van der Waals surface area contributed by atoms with Gasteiger partial charge in [-0.25, -0.2) is 19.9 Å². The molecule has 10 heteroatoms. The number of nitrogens with one attached hydrogen (secondary N) is 2. The summed E-state index contributed by atoms with van der Waals surface area (Å²) in [5, 5.41) is 7.56. The van der Waals surface area contributed by atoms with Crippen molar-refractivity contribution >= 4 is 45.7 Å². The summed E-state index contributed by atoms with van der Waals surface area (Å²) in [5.74, 6) is 2.05. The van der Waals surface area contributed by atoms with Gasteiger partial charge in [0.15, 0.2) is 5.82 Å². The molecule has 1 aliphatic carbocycles. The topological polar surface area (TPSA) is 131 Å². The highest BCUT2D eigenvalue weighted by Gasteiger charge is 2.39. The van der Waals surface area contributed by atoms with E-state index in [2.05, 4.69) is 35.5 Å². The van der Waals surface area contributed by atoms with Crippen LogP contribution in [0.2, 0.25) is 0 Å². The molecule has 3 aromatic rings. The number of amides is 1. The van der Waals surface area contributed by atoms with E-state index < -0.39 is 0 Å². The first kappa shape index (κ1) is 20.8. The number of nitrogens with two attached hydrogens (primary N) is 1. The average molecular weight is 459 g/mol. The van der Waals surface area contributed by atoms with E-state index in [0.717, 1.165) is 48.9 Å². The molecule has 3 fully saturated rings. The van der Waals surface area contributed by atoms with Gasteiger partial charge < -0.3 is 26.0 Å². The highest BCUT2D eigenvalue weighted by Crippen LogP contribution is 2.33. The van der Waals surface area contributed by atoms with Crippen molar-refractivity contribution in [2.45, 2.75) is 31.4 Å². The SMILES string of the molecule is CNc1ncc(C(N)=Nc2ccc(N3C[C@H]4C[C@@H]3CO4)cn2)c2cc(NC(=O)C3CC3)ncc12. The standard InChI is InChI=1S/C24H26N8O2/c1-26-23-19-10-28-21(31-24(33)13-2-3-13)7-17(19)18(9-29-23)22(25)30-20-5-4-14(8-27-20)32-11-16-6-15(32)12-34-16/h4-5,7-10,13,15-16H,2-3,6,11-12H2,1H3,(H,26,29)(H2,25,27,30)(H,28,31,33)/t15-,16-/m1/s1. The van der Waals surface area contributed by atoms with Crippen LogP contribution in [0, 0.1) is 5.92 Å². The normalized spacial score (nSPS) is 21.8. The Morgan fingerprint density at radius 1 is 1.18 bits per heavy atom. The van der Waals surface area contributed by atoms with Gasteiger partial charge in [0.1, 0.15) is 17.5 Å². The fourth-order valence-electron chi connectivity index (χ4n) is 4.69. The van der Waals surface area contributed by atoms with Crippen molar-refractivity contribution in [2.24, 2.45) is 16.6 Å². The number of carbonyl (C=O) groups excluding carboxylic acids is 1. The van der Waals surface area contributed by atoms with E-state index in [-0.39, 0.29) is 11.8 Å². The monoisotopic (exact) mass is 458 g/mol. The van der Waals surface area contributed by atoms with Gasteiger partial charge in [0.25, 0.3) is 0 Å². The lowest BCUT2D eigenvalue weighted by Crippen LogP contribution is -2.36. The maximum Gasteiger partial charge on any atom is 0.228 e. The lowest BCUT2D eigenvalue weighted by molar-refractivity contribution is -0.117. The molecule has 4 N–H and O–H groups in total. The molecule has 1 amide bonds. The summed E-state index contributed by atoms with van der Waals surface area (Å²) in [6.07, 6.45) is 8.46. The third kappa shape index (κ3) is 3.79. The number of aromatic nitrogens is 3. The molecular formula is C24H26N8O2. The van der Waals surface area contributed by atoms with Crippen LogP contribution in [0.4, 0.5) is 23.1 Å². The molecule has 1 saturated carbocycles. The molecule has 0 radical (unpaired) electrons. The third-order valence-corrected chi connectivity index (χ3v) is 6.68. The van der Waals surface area contributed by atoms with Gasteiger partial charge in [0, 0.05) is 48.2 Å².